The van der Waals surface area contributed by atoms with Crippen LogP contribution in [0.4, 0.5) is 10.1 Å². The Balaban J connectivity index is 1.38. The number of ketones is 1. The minimum Gasteiger partial charge on any atom is -0.496 e. The summed E-state index contributed by atoms with van der Waals surface area (Å²) in [5.41, 5.74) is 11.3. The third-order valence-corrected chi connectivity index (χ3v) is 7.52. The number of Topliss-reactive ketones (excluding diaryl/α,β-unsaturated/α-hetero) is 1. The highest BCUT2D eigenvalue weighted by atomic mass is 19.1. The van der Waals surface area contributed by atoms with Gasteiger partial charge in [-0.2, -0.15) is 5.10 Å². The maximum atomic E-state index is 14.7. The number of halogens is 1. The van der Waals surface area contributed by atoms with Gasteiger partial charge >= 0.3 is 0 Å². The highest BCUT2D eigenvalue weighted by Crippen LogP contribution is 2.35. The number of hydrogen-bond donors (Lipinski definition) is 1. The molecule has 1 aliphatic rings. The van der Waals surface area contributed by atoms with Crippen molar-refractivity contribution in [2.75, 3.05) is 25.1 Å². The Hall–Kier alpha value is -4.64. The number of ether oxygens (including phenoxy) is 1. The monoisotopic (exact) mass is 554 g/mol. The van der Waals surface area contributed by atoms with E-state index in [1.807, 2.05) is 38.5 Å². The minimum atomic E-state index is -0.524. The first kappa shape index (κ1) is 26.6. The fraction of sp³-hybridized carbons (Fsp3) is 0.300. The molecule has 3 aromatic heterocycles. The van der Waals surface area contributed by atoms with Crippen molar-refractivity contribution in [3.63, 3.8) is 0 Å². The van der Waals surface area contributed by atoms with E-state index in [0.717, 1.165) is 46.6 Å². The minimum absolute atomic E-state index is 0.0487. The summed E-state index contributed by atoms with van der Waals surface area (Å²) in [6.45, 7) is 4.08. The summed E-state index contributed by atoms with van der Waals surface area (Å²) in [4.78, 5) is 29.5. The van der Waals surface area contributed by atoms with Gasteiger partial charge in [0.2, 0.25) is 0 Å². The first-order valence-corrected chi connectivity index (χ1v) is 13.5. The number of nitrogens with zero attached hydrogens (tertiary/aromatic N) is 7. The smallest absolute Gasteiger partial charge is 0.185 e. The average Bonchev–Trinajstić information content (AvgIpc) is 3.67. The van der Waals surface area contributed by atoms with Gasteiger partial charge in [0.25, 0.3) is 0 Å². The summed E-state index contributed by atoms with van der Waals surface area (Å²) < 4.78 is 24.0. The molecule has 0 spiro atoms. The molecule has 41 heavy (non-hydrogen) atoms. The van der Waals surface area contributed by atoms with Gasteiger partial charge < -0.3 is 19.9 Å². The molecule has 10 nitrogen and oxygen atoms in total. The summed E-state index contributed by atoms with van der Waals surface area (Å²) in [5.74, 6) is 0.530. The van der Waals surface area contributed by atoms with Crippen LogP contribution in [-0.2, 0) is 20.0 Å². The number of carbonyl (C=O) groups excluding carboxylic acids is 1. The van der Waals surface area contributed by atoms with E-state index in [1.54, 1.807) is 22.9 Å². The van der Waals surface area contributed by atoms with Crippen LogP contribution in [0, 0.1) is 12.7 Å². The molecule has 6 rings (SSSR count). The second-order valence-electron chi connectivity index (χ2n) is 10.4. The van der Waals surface area contributed by atoms with Crippen LogP contribution in [-0.4, -0.2) is 61.3 Å². The second-order valence-corrected chi connectivity index (χ2v) is 10.4. The lowest BCUT2D eigenvalue weighted by Gasteiger charge is -2.22. The van der Waals surface area contributed by atoms with Crippen LogP contribution < -0.4 is 15.4 Å². The average molecular weight is 555 g/mol. The predicted octanol–water partition coefficient (Wildman–Crippen LogP) is 3.69. The van der Waals surface area contributed by atoms with Crippen molar-refractivity contribution in [3.8, 4) is 17.1 Å². The van der Waals surface area contributed by atoms with Gasteiger partial charge in [-0.05, 0) is 43.2 Å². The molecule has 0 saturated carbocycles. The zero-order valence-corrected chi connectivity index (χ0v) is 23.2. The van der Waals surface area contributed by atoms with Gasteiger partial charge in [-0.25, -0.2) is 19.3 Å². The van der Waals surface area contributed by atoms with Gasteiger partial charge in [-0.15, -0.1) is 0 Å². The van der Waals surface area contributed by atoms with Gasteiger partial charge in [0.1, 0.15) is 28.6 Å². The highest BCUT2D eigenvalue weighted by Gasteiger charge is 2.27. The SMILES string of the molecule is COc1cccc(F)c1-c1nccc(C(=O)Cc2ccc3c(nc(C)n3Cc3cnn(C)c3)c2N2CC[C@H](N)C2)n1. The number of methoxy groups -OCH3 is 1. The molecule has 210 valence electrons. The molecular weight excluding hydrogens is 523 g/mol. The highest BCUT2D eigenvalue weighted by molar-refractivity contribution is 6.00. The van der Waals surface area contributed by atoms with Crippen molar-refractivity contribution in [1.82, 2.24) is 29.3 Å². The molecule has 0 aliphatic carbocycles. The number of anilines is 1. The number of aryl methyl sites for hydroxylation is 2. The van der Waals surface area contributed by atoms with Crippen molar-refractivity contribution in [3.05, 3.63) is 83.5 Å². The molecule has 1 saturated heterocycles. The Bertz CT molecular complexity index is 1760. The van der Waals surface area contributed by atoms with Crippen molar-refractivity contribution >= 4 is 22.5 Å². The van der Waals surface area contributed by atoms with Crippen LogP contribution >= 0.6 is 0 Å². The molecule has 2 N–H and O–H groups in total. The first-order valence-electron chi connectivity index (χ1n) is 13.5. The lowest BCUT2D eigenvalue weighted by Crippen LogP contribution is -2.27. The van der Waals surface area contributed by atoms with Gasteiger partial charge in [0.15, 0.2) is 11.6 Å². The number of imidazole rings is 1. The number of carbonyl (C=O) groups is 1. The normalized spacial score (nSPS) is 15.1. The lowest BCUT2D eigenvalue weighted by molar-refractivity contribution is 0.0988. The van der Waals surface area contributed by atoms with E-state index in [0.29, 0.717) is 18.8 Å². The van der Waals surface area contributed by atoms with Gasteiger partial charge in [-0.1, -0.05) is 12.1 Å². The Kier molecular flexibility index (Phi) is 6.96. The van der Waals surface area contributed by atoms with Gasteiger partial charge in [0, 0.05) is 50.6 Å². The fourth-order valence-electron chi connectivity index (χ4n) is 5.55. The Morgan fingerprint density at radius 1 is 1.20 bits per heavy atom. The number of rotatable bonds is 8. The van der Waals surface area contributed by atoms with Crippen LogP contribution in [0.3, 0.4) is 0 Å². The third kappa shape index (κ3) is 5.04. The molecule has 1 atom stereocenters. The molecule has 5 aromatic rings. The molecular formula is C30H31FN8O2. The molecule has 0 amide bonds. The predicted molar refractivity (Wildman–Crippen MR) is 154 cm³/mol. The summed E-state index contributed by atoms with van der Waals surface area (Å²) in [7, 11) is 3.35. The van der Waals surface area contributed by atoms with E-state index in [1.165, 1.54) is 19.4 Å². The zero-order valence-electron chi connectivity index (χ0n) is 23.2. The number of fused-ring (bicyclic) bond motifs is 1. The van der Waals surface area contributed by atoms with Crippen molar-refractivity contribution in [1.29, 1.82) is 0 Å². The Labute approximate surface area is 236 Å². The van der Waals surface area contributed by atoms with E-state index in [4.69, 9.17) is 15.5 Å². The molecule has 0 radical (unpaired) electrons. The van der Waals surface area contributed by atoms with Crippen molar-refractivity contribution in [2.24, 2.45) is 12.8 Å². The summed E-state index contributed by atoms with van der Waals surface area (Å²) in [5, 5.41) is 4.30. The lowest BCUT2D eigenvalue weighted by atomic mass is 10.0. The largest absolute Gasteiger partial charge is 0.496 e. The van der Waals surface area contributed by atoms with Gasteiger partial charge in [-0.3, -0.25) is 9.48 Å². The van der Waals surface area contributed by atoms with Crippen molar-refractivity contribution in [2.45, 2.75) is 32.4 Å². The van der Waals surface area contributed by atoms with Crippen LogP contribution in [0.5, 0.6) is 5.75 Å². The van der Waals surface area contributed by atoms with Crippen LogP contribution in [0.1, 0.15) is 33.9 Å². The second kappa shape index (κ2) is 10.7. The van der Waals surface area contributed by atoms with Crippen LogP contribution in [0.15, 0.2) is 55.0 Å². The molecule has 0 unspecified atom stereocenters. The van der Waals surface area contributed by atoms with E-state index < -0.39 is 5.82 Å². The standard InChI is InChI=1S/C30H31FN8O2/c1-18-35-28-24(39(18)16-19-14-34-37(2)15-19)8-7-20(29(28)38-12-10-21(32)17-38)13-25(40)23-9-11-33-30(36-23)27-22(31)5-4-6-26(27)41-3/h4-9,11,14-15,21H,10,12-13,16-17,32H2,1-3H3/t21-/m0/s1. The van der Waals surface area contributed by atoms with Gasteiger partial charge in [0.05, 0.1) is 36.6 Å². The zero-order chi connectivity index (χ0) is 28.7. The van der Waals surface area contributed by atoms with E-state index >= 15 is 0 Å². The molecule has 1 aliphatic heterocycles. The van der Waals surface area contributed by atoms with E-state index in [9.17, 15) is 9.18 Å². The van der Waals surface area contributed by atoms with E-state index in [2.05, 4.69) is 24.5 Å². The Morgan fingerprint density at radius 3 is 2.78 bits per heavy atom. The topological polar surface area (TPSA) is 117 Å². The molecule has 0 bridgehead atoms. The first-order chi connectivity index (χ1) is 19.8. The number of hydrogen-bond acceptors (Lipinski definition) is 8. The molecule has 1 fully saturated rings. The number of benzene rings is 2. The maximum Gasteiger partial charge on any atom is 0.185 e. The number of aromatic nitrogens is 6. The number of nitrogens with two attached hydrogens (primary N) is 1. The summed E-state index contributed by atoms with van der Waals surface area (Å²) >= 11 is 0. The Morgan fingerprint density at radius 2 is 2.05 bits per heavy atom. The molecule has 11 heteroatoms. The van der Waals surface area contributed by atoms with Crippen LogP contribution in [0.2, 0.25) is 0 Å². The molecule has 2 aromatic carbocycles. The molecule has 4 heterocycles. The van der Waals surface area contributed by atoms with Crippen LogP contribution in [0.25, 0.3) is 22.4 Å². The summed E-state index contributed by atoms with van der Waals surface area (Å²) in [6, 6.07) is 10.1. The van der Waals surface area contributed by atoms with Crippen molar-refractivity contribution < 1.29 is 13.9 Å². The quantitative estimate of drug-likeness (QED) is 0.289. The summed E-state index contributed by atoms with van der Waals surface area (Å²) in [6.07, 6.45) is 6.26. The third-order valence-electron chi connectivity index (χ3n) is 7.52. The maximum absolute atomic E-state index is 14.7. The fourth-order valence-corrected chi connectivity index (χ4v) is 5.55. The van der Waals surface area contributed by atoms with E-state index in [-0.39, 0.29) is 35.3 Å².